The van der Waals surface area contributed by atoms with Crippen molar-refractivity contribution in [3.8, 4) is 0 Å². The number of aromatic nitrogens is 4. The number of ether oxygens (including phenoxy) is 1. The second-order valence-electron chi connectivity index (χ2n) is 9.94. The van der Waals surface area contributed by atoms with Crippen molar-refractivity contribution in [2.24, 2.45) is 0 Å². The number of nitrogens with one attached hydrogen (secondary N) is 2. The fourth-order valence-corrected chi connectivity index (χ4v) is 4.87. The fraction of sp³-hybridized carbons (Fsp3) is 0.667. The van der Waals surface area contributed by atoms with Crippen LogP contribution in [-0.4, -0.2) is 87.4 Å². The van der Waals surface area contributed by atoms with E-state index in [2.05, 4.69) is 59.4 Å². The molecule has 0 aromatic carbocycles. The molecule has 2 aliphatic rings. The summed E-state index contributed by atoms with van der Waals surface area (Å²) in [6.45, 7) is 10.6. The number of rotatable bonds is 8. The molecule has 4 rings (SSSR count). The summed E-state index contributed by atoms with van der Waals surface area (Å²) in [6.07, 6.45) is 7.69. The summed E-state index contributed by atoms with van der Waals surface area (Å²) in [5, 5.41) is 11.4. The molecule has 0 saturated carbocycles. The Bertz CT molecular complexity index is 1020. The SMILES string of the molecule is Cc1nn(C2CCN(C)CC2)cc1Nc1ncc(Br)c(NCCCN2CCCOC(C)(C)C2=O)n1. The van der Waals surface area contributed by atoms with Gasteiger partial charge in [0.2, 0.25) is 5.95 Å². The van der Waals surface area contributed by atoms with Gasteiger partial charge in [0, 0.05) is 38.6 Å². The second kappa shape index (κ2) is 11.2. The zero-order chi connectivity index (χ0) is 25.0. The highest BCUT2D eigenvalue weighted by Gasteiger charge is 2.34. The standard InChI is InChI=1S/C24H37BrN8O2/c1-17-20(16-33(30-17)18-7-12-31(4)13-8-18)28-23-27-15-19(25)21(29-23)26-9-5-10-32-11-6-14-35-24(2,3)22(32)34/h15-16,18H,5-14H2,1-4H3,(H2,26,27,28,29). The Morgan fingerprint density at radius 1 is 1.26 bits per heavy atom. The minimum Gasteiger partial charge on any atom is -0.369 e. The van der Waals surface area contributed by atoms with Crippen LogP contribution in [0, 0.1) is 6.92 Å². The van der Waals surface area contributed by atoms with E-state index in [1.165, 1.54) is 0 Å². The van der Waals surface area contributed by atoms with Crippen LogP contribution in [0.2, 0.25) is 0 Å². The molecular formula is C24H37BrN8O2. The van der Waals surface area contributed by atoms with Gasteiger partial charge in [0.05, 0.1) is 21.9 Å². The van der Waals surface area contributed by atoms with Gasteiger partial charge >= 0.3 is 0 Å². The molecule has 0 spiro atoms. The second-order valence-corrected chi connectivity index (χ2v) is 10.8. The Hall–Kier alpha value is -2.24. The molecule has 0 radical (unpaired) electrons. The number of likely N-dealkylation sites (tertiary alicyclic amines) is 1. The molecule has 2 saturated heterocycles. The number of piperidine rings is 1. The van der Waals surface area contributed by atoms with Crippen LogP contribution in [0.25, 0.3) is 0 Å². The molecule has 2 N–H and O–H groups in total. The van der Waals surface area contributed by atoms with Gasteiger partial charge in [-0.25, -0.2) is 4.98 Å². The van der Waals surface area contributed by atoms with Gasteiger partial charge in [-0.2, -0.15) is 10.1 Å². The molecule has 0 bridgehead atoms. The van der Waals surface area contributed by atoms with E-state index >= 15 is 0 Å². The molecule has 2 aromatic heterocycles. The highest BCUT2D eigenvalue weighted by Crippen LogP contribution is 2.27. The highest BCUT2D eigenvalue weighted by atomic mass is 79.9. The molecular weight excluding hydrogens is 512 g/mol. The van der Waals surface area contributed by atoms with E-state index < -0.39 is 5.60 Å². The maximum Gasteiger partial charge on any atom is 0.254 e. The number of aryl methyl sites for hydroxylation is 1. The number of amides is 1. The van der Waals surface area contributed by atoms with Crippen LogP contribution in [0.4, 0.5) is 17.5 Å². The Morgan fingerprint density at radius 3 is 2.80 bits per heavy atom. The Balaban J connectivity index is 1.32. The lowest BCUT2D eigenvalue weighted by Crippen LogP contribution is -2.45. The van der Waals surface area contributed by atoms with Crippen LogP contribution in [0.3, 0.4) is 0 Å². The van der Waals surface area contributed by atoms with Gasteiger partial charge in [0.1, 0.15) is 11.4 Å². The van der Waals surface area contributed by atoms with Crippen molar-refractivity contribution in [1.29, 1.82) is 0 Å². The summed E-state index contributed by atoms with van der Waals surface area (Å²) >= 11 is 3.54. The predicted molar refractivity (Wildman–Crippen MR) is 140 cm³/mol. The molecule has 192 valence electrons. The number of nitrogens with zero attached hydrogens (tertiary/aromatic N) is 6. The summed E-state index contributed by atoms with van der Waals surface area (Å²) in [5.74, 6) is 1.29. The molecule has 4 heterocycles. The first-order valence-corrected chi connectivity index (χ1v) is 13.2. The molecule has 10 nitrogen and oxygen atoms in total. The van der Waals surface area contributed by atoms with Crippen molar-refractivity contribution in [1.82, 2.24) is 29.5 Å². The van der Waals surface area contributed by atoms with Crippen LogP contribution >= 0.6 is 15.9 Å². The Morgan fingerprint density at radius 2 is 2.03 bits per heavy atom. The first-order valence-electron chi connectivity index (χ1n) is 12.4. The lowest BCUT2D eigenvalue weighted by Gasteiger charge is -2.28. The van der Waals surface area contributed by atoms with E-state index in [1.807, 2.05) is 25.7 Å². The zero-order valence-electron chi connectivity index (χ0n) is 21.2. The summed E-state index contributed by atoms with van der Waals surface area (Å²) in [4.78, 5) is 26.0. The number of anilines is 3. The average molecular weight is 550 g/mol. The summed E-state index contributed by atoms with van der Waals surface area (Å²) in [6, 6.07) is 0.428. The molecule has 2 fully saturated rings. The third-order valence-electron chi connectivity index (χ3n) is 6.70. The van der Waals surface area contributed by atoms with Gasteiger partial charge in [-0.15, -0.1) is 0 Å². The van der Waals surface area contributed by atoms with Crippen molar-refractivity contribution in [2.75, 3.05) is 57.0 Å². The molecule has 11 heteroatoms. The van der Waals surface area contributed by atoms with E-state index in [4.69, 9.17) is 9.84 Å². The smallest absolute Gasteiger partial charge is 0.254 e. The molecule has 0 aliphatic carbocycles. The van der Waals surface area contributed by atoms with Gasteiger partial charge in [0.15, 0.2) is 0 Å². The topological polar surface area (TPSA) is 100 Å². The van der Waals surface area contributed by atoms with Crippen LogP contribution in [-0.2, 0) is 9.53 Å². The van der Waals surface area contributed by atoms with E-state index in [-0.39, 0.29) is 5.91 Å². The molecule has 2 aromatic rings. The lowest BCUT2D eigenvalue weighted by atomic mass is 10.1. The van der Waals surface area contributed by atoms with Gasteiger partial charge < -0.3 is 25.2 Å². The maximum absolute atomic E-state index is 12.7. The Kier molecular flexibility index (Phi) is 8.28. The average Bonchev–Trinajstić information content (AvgIpc) is 3.13. The quantitative estimate of drug-likeness (QED) is 0.482. The predicted octanol–water partition coefficient (Wildman–Crippen LogP) is 3.58. The minimum absolute atomic E-state index is 0.0564. The minimum atomic E-state index is -0.751. The summed E-state index contributed by atoms with van der Waals surface area (Å²) < 4.78 is 8.57. The van der Waals surface area contributed by atoms with Crippen molar-refractivity contribution >= 4 is 39.3 Å². The van der Waals surface area contributed by atoms with Crippen molar-refractivity contribution in [2.45, 2.75) is 58.1 Å². The van der Waals surface area contributed by atoms with E-state index in [0.29, 0.717) is 37.5 Å². The highest BCUT2D eigenvalue weighted by molar-refractivity contribution is 9.10. The van der Waals surface area contributed by atoms with Crippen molar-refractivity contribution in [3.05, 3.63) is 22.6 Å². The molecule has 2 aliphatic heterocycles. The number of hydrogen-bond donors (Lipinski definition) is 2. The normalized spacial score (nSPS) is 19.6. The first-order chi connectivity index (χ1) is 16.7. The van der Waals surface area contributed by atoms with E-state index in [0.717, 1.165) is 61.2 Å². The van der Waals surface area contributed by atoms with Gasteiger partial charge in [-0.1, -0.05) is 0 Å². The largest absolute Gasteiger partial charge is 0.369 e. The van der Waals surface area contributed by atoms with Crippen LogP contribution in [0.15, 0.2) is 16.9 Å². The van der Waals surface area contributed by atoms with E-state index in [1.54, 1.807) is 6.20 Å². The summed E-state index contributed by atoms with van der Waals surface area (Å²) in [5.41, 5.74) is 1.10. The zero-order valence-corrected chi connectivity index (χ0v) is 22.8. The van der Waals surface area contributed by atoms with E-state index in [9.17, 15) is 4.79 Å². The van der Waals surface area contributed by atoms with Crippen LogP contribution in [0.1, 0.15) is 51.3 Å². The molecule has 0 unspecified atom stereocenters. The van der Waals surface area contributed by atoms with Crippen molar-refractivity contribution in [3.63, 3.8) is 0 Å². The number of hydrogen-bond acceptors (Lipinski definition) is 8. The van der Waals surface area contributed by atoms with Crippen LogP contribution < -0.4 is 10.6 Å². The Labute approximate surface area is 215 Å². The summed E-state index contributed by atoms with van der Waals surface area (Å²) in [7, 11) is 2.16. The van der Waals surface area contributed by atoms with Gasteiger partial charge in [0.25, 0.3) is 5.91 Å². The molecule has 35 heavy (non-hydrogen) atoms. The fourth-order valence-electron chi connectivity index (χ4n) is 4.54. The monoisotopic (exact) mass is 548 g/mol. The van der Waals surface area contributed by atoms with Gasteiger partial charge in [-0.05, 0) is 82.5 Å². The number of carbonyl (C=O) groups is 1. The van der Waals surface area contributed by atoms with Gasteiger partial charge in [-0.3, -0.25) is 9.48 Å². The first kappa shape index (κ1) is 25.8. The van der Waals surface area contributed by atoms with Crippen LogP contribution in [0.5, 0.6) is 0 Å². The maximum atomic E-state index is 12.7. The molecule has 1 amide bonds. The molecule has 0 atom stereocenters. The number of carbonyl (C=O) groups excluding carboxylic acids is 1. The third-order valence-corrected chi connectivity index (χ3v) is 7.28. The lowest BCUT2D eigenvalue weighted by molar-refractivity contribution is -0.149. The third kappa shape index (κ3) is 6.50. The van der Waals surface area contributed by atoms with Crippen molar-refractivity contribution < 1.29 is 9.53 Å². The number of halogens is 1.